The predicted octanol–water partition coefficient (Wildman–Crippen LogP) is 6.18. The molecule has 2 N–H and O–H groups in total. The summed E-state index contributed by atoms with van der Waals surface area (Å²) < 4.78 is 12.9. The third-order valence-electron chi connectivity index (χ3n) is 7.80. The van der Waals surface area contributed by atoms with Crippen molar-refractivity contribution in [2.75, 3.05) is 14.2 Å². The van der Waals surface area contributed by atoms with E-state index in [0.717, 1.165) is 49.3 Å². The van der Waals surface area contributed by atoms with Crippen LogP contribution in [0.15, 0.2) is 89.7 Å². The van der Waals surface area contributed by atoms with Crippen LogP contribution in [0.1, 0.15) is 11.1 Å². The lowest BCUT2D eigenvalue weighted by Gasteiger charge is -2.19. The number of aryl methyl sites for hydroxylation is 1. The van der Waals surface area contributed by atoms with E-state index in [2.05, 4.69) is 42.5 Å². The largest absolute Gasteiger partial charge is 0.493 e. The van der Waals surface area contributed by atoms with Gasteiger partial charge < -0.3 is 24.3 Å². The van der Waals surface area contributed by atoms with Crippen molar-refractivity contribution >= 4 is 32.4 Å². The zero-order valence-corrected chi connectivity index (χ0v) is 22.6. The monoisotopic (exact) mass is 531 g/mol. The van der Waals surface area contributed by atoms with E-state index >= 15 is 0 Å². The van der Waals surface area contributed by atoms with Crippen molar-refractivity contribution in [1.82, 2.24) is 4.57 Å². The van der Waals surface area contributed by atoms with Gasteiger partial charge in [0, 0.05) is 17.8 Å². The highest BCUT2D eigenvalue weighted by Gasteiger charge is 2.20. The van der Waals surface area contributed by atoms with Crippen molar-refractivity contribution in [3.05, 3.63) is 106 Å². The van der Waals surface area contributed by atoms with E-state index in [1.807, 2.05) is 36.4 Å². The first-order valence-electron chi connectivity index (χ1n) is 13.0. The zero-order chi connectivity index (χ0) is 28.0. The van der Waals surface area contributed by atoms with Gasteiger partial charge in [-0.15, -0.1) is 0 Å². The van der Waals surface area contributed by atoms with Crippen molar-refractivity contribution in [2.45, 2.75) is 13.2 Å². The molecule has 0 unspecified atom stereocenters. The Balaban J connectivity index is 1.75. The van der Waals surface area contributed by atoms with Crippen LogP contribution in [-0.2, 0) is 20.3 Å². The van der Waals surface area contributed by atoms with Gasteiger partial charge in [0.2, 0.25) is 0 Å². The van der Waals surface area contributed by atoms with Crippen molar-refractivity contribution in [3.63, 3.8) is 0 Å². The predicted molar refractivity (Wildman–Crippen MR) is 160 cm³/mol. The van der Waals surface area contributed by atoms with Crippen molar-refractivity contribution in [3.8, 4) is 33.8 Å². The summed E-state index contributed by atoms with van der Waals surface area (Å²) >= 11 is 0. The number of hydrogen-bond donors (Lipinski definition) is 2. The van der Waals surface area contributed by atoms with Crippen molar-refractivity contribution in [2.24, 2.45) is 7.05 Å². The number of benzene rings is 5. The lowest BCUT2D eigenvalue weighted by Crippen LogP contribution is -2.20. The summed E-state index contributed by atoms with van der Waals surface area (Å²) in [4.78, 5) is 13.8. The van der Waals surface area contributed by atoms with E-state index in [-0.39, 0.29) is 18.8 Å². The molecule has 0 aliphatic rings. The molecule has 0 atom stereocenters. The first-order chi connectivity index (χ1) is 19.5. The Labute approximate surface area is 231 Å². The van der Waals surface area contributed by atoms with Crippen LogP contribution in [0.25, 0.3) is 54.7 Å². The first-order valence-corrected chi connectivity index (χ1v) is 13.0. The van der Waals surface area contributed by atoms with Crippen LogP contribution >= 0.6 is 0 Å². The number of rotatable bonds is 6. The molecule has 6 rings (SSSR count). The van der Waals surface area contributed by atoms with Crippen LogP contribution in [0.2, 0.25) is 0 Å². The van der Waals surface area contributed by atoms with Gasteiger partial charge in [0.05, 0.1) is 38.3 Å². The van der Waals surface area contributed by atoms with E-state index in [1.54, 1.807) is 31.9 Å². The summed E-state index contributed by atoms with van der Waals surface area (Å²) in [6, 6.07) is 28.3. The highest BCUT2D eigenvalue weighted by atomic mass is 16.5. The summed E-state index contributed by atoms with van der Waals surface area (Å²) in [6.45, 7) is -0.610. The van der Waals surface area contributed by atoms with Gasteiger partial charge in [-0.1, -0.05) is 66.7 Å². The third kappa shape index (κ3) is 3.92. The summed E-state index contributed by atoms with van der Waals surface area (Å²) in [5.41, 5.74) is 5.73. The maximum Gasteiger partial charge on any atom is 0.259 e. The summed E-state index contributed by atoms with van der Waals surface area (Å²) in [5.74, 6) is 1.16. The molecule has 0 bridgehead atoms. The van der Waals surface area contributed by atoms with Crippen molar-refractivity contribution < 1.29 is 19.7 Å². The number of aliphatic hydroxyl groups is 2. The van der Waals surface area contributed by atoms with E-state index in [4.69, 9.17) is 9.47 Å². The van der Waals surface area contributed by atoms with E-state index < -0.39 is 0 Å². The Hall–Kier alpha value is -4.65. The lowest BCUT2D eigenvalue weighted by molar-refractivity contribution is 0.261. The van der Waals surface area contributed by atoms with Gasteiger partial charge in [-0.25, -0.2) is 0 Å². The van der Waals surface area contributed by atoms with Crippen LogP contribution in [0.3, 0.4) is 0 Å². The summed E-state index contributed by atoms with van der Waals surface area (Å²) in [6.07, 6.45) is 0. The smallest absolute Gasteiger partial charge is 0.259 e. The fraction of sp³-hybridized carbons (Fsp3) is 0.147. The van der Waals surface area contributed by atoms with Crippen LogP contribution in [-0.4, -0.2) is 29.0 Å². The molecular formula is C34H29NO5. The first kappa shape index (κ1) is 25.6. The Morgan fingerprint density at radius 3 is 1.90 bits per heavy atom. The SMILES string of the molecule is COc1cc2c(-c3ccc(-c4ccccc4)cc3)cc3c4ccc(CO)c(CO)c4c(=O)n(C)c3c2cc1OC. The molecule has 0 saturated carbocycles. The molecule has 0 amide bonds. The zero-order valence-electron chi connectivity index (χ0n) is 22.6. The number of aliphatic hydroxyl groups excluding tert-OH is 2. The Bertz CT molecular complexity index is 1960. The molecule has 6 heteroatoms. The summed E-state index contributed by atoms with van der Waals surface area (Å²) in [5, 5.41) is 23.8. The maximum absolute atomic E-state index is 13.8. The Morgan fingerprint density at radius 1 is 0.675 bits per heavy atom. The molecule has 5 aromatic carbocycles. The van der Waals surface area contributed by atoms with Gasteiger partial charge in [-0.3, -0.25) is 4.79 Å². The number of aromatic nitrogens is 1. The van der Waals surface area contributed by atoms with Crippen LogP contribution < -0.4 is 15.0 Å². The second-order valence-electron chi connectivity index (χ2n) is 9.82. The number of methoxy groups -OCH3 is 2. The molecule has 6 aromatic rings. The standard InChI is InChI=1S/C34H29NO5/c1-35-33-27(24-14-13-23(18-36)29(19-37)32(24)34(35)38)15-25(26-16-30(39-2)31(40-3)17-28(26)33)22-11-9-21(10-12-22)20-7-5-4-6-8-20/h4-17,36-37H,18-19H2,1-3H3. The maximum atomic E-state index is 13.8. The molecule has 0 radical (unpaired) electrons. The molecule has 0 saturated heterocycles. The molecule has 0 aliphatic heterocycles. The number of ether oxygens (including phenoxy) is 2. The molecular weight excluding hydrogens is 502 g/mol. The molecule has 1 heterocycles. The fourth-order valence-corrected chi connectivity index (χ4v) is 5.77. The van der Waals surface area contributed by atoms with Crippen LogP contribution in [0, 0.1) is 0 Å². The van der Waals surface area contributed by atoms with Crippen molar-refractivity contribution in [1.29, 1.82) is 0 Å². The molecule has 1 aromatic heterocycles. The van der Waals surface area contributed by atoms with Crippen LogP contribution in [0.5, 0.6) is 11.5 Å². The number of pyridine rings is 1. The average molecular weight is 532 g/mol. The third-order valence-corrected chi connectivity index (χ3v) is 7.80. The molecule has 200 valence electrons. The highest BCUT2D eigenvalue weighted by molar-refractivity contribution is 6.20. The minimum atomic E-state index is -0.347. The summed E-state index contributed by atoms with van der Waals surface area (Å²) in [7, 11) is 4.94. The number of nitrogens with zero attached hydrogens (tertiary/aromatic N) is 1. The van der Waals surface area contributed by atoms with E-state index in [0.29, 0.717) is 28.0 Å². The van der Waals surface area contributed by atoms with Gasteiger partial charge >= 0.3 is 0 Å². The lowest BCUT2D eigenvalue weighted by atomic mass is 9.90. The number of fused-ring (bicyclic) bond motifs is 5. The minimum absolute atomic E-state index is 0.238. The van der Waals surface area contributed by atoms with E-state index in [1.165, 1.54) is 0 Å². The molecule has 0 spiro atoms. The second kappa shape index (κ2) is 10.2. The van der Waals surface area contributed by atoms with Gasteiger partial charge in [0.25, 0.3) is 5.56 Å². The van der Waals surface area contributed by atoms with Gasteiger partial charge in [-0.05, 0) is 62.4 Å². The topological polar surface area (TPSA) is 80.9 Å². The quantitative estimate of drug-likeness (QED) is 0.251. The fourth-order valence-electron chi connectivity index (χ4n) is 5.77. The highest BCUT2D eigenvalue weighted by Crippen LogP contribution is 2.42. The Morgan fingerprint density at radius 2 is 1.27 bits per heavy atom. The van der Waals surface area contributed by atoms with Gasteiger partial charge in [0.1, 0.15) is 0 Å². The minimum Gasteiger partial charge on any atom is -0.493 e. The second-order valence-corrected chi connectivity index (χ2v) is 9.82. The Kier molecular flexibility index (Phi) is 6.50. The number of hydrogen-bond acceptors (Lipinski definition) is 5. The molecule has 6 nitrogen and oxygen atoms in total. The molecule has 40 heavy (non-hydrogen) atoms. The average Bonchev–Trinajstić information content (AvgIpc) is 3.01. The normalized spacial score (nSPS) is 11.4. The molecule has 0 aliphatic carbocycles. The van der Waals surface area contributed by atoms with Gasteiger partial charge in [0.15, 0.2) is 11.5 Å². The van der Waals surface area contributed by atoms with Gasteiger partial charge in [-0.2, -0.15) is 0 Å². The molecule has 0 fully saturated rings. The van der Waals surface area contributed by atoms with Crippen LogP contribution in [0.4, 0.5) is 0 Å². The van der Waals surface area contributed by atoms with E-state index in [9.17, 15) is 15.0 Å².